The van der Waals surface area contributed by atoms with Crippen LogP contribution < -0.4 is 21.5 Å². The highest BCUT2D eigenvalue weighted by molar-refractivity contribution is 5.77. The minimum Gasteiger partial charge on any atom is -0.369 e. The number of anilines is 1. The summed E-state index contributed by atoms with van der Waals surface area (Å²) in [6, 6.07) is 16.5. The number of nitrogens with two attached hydrogens (primary N) is 1. The van der Waals surface area contributed by atoms with Gasteiger partial charge in [-0.1, -0.05) is 12.1 Å². The maximum absolute atomic E-state index is 13.7. The van der Waals surface area contributed by atoms with Crippen molar-refractivity contribution in [1.82, 2.24) is 24.8 Å². The molecule has 1 aliphatic heterocycles. The molecule has 2 aromatic carbocycles. The molecule has 1 saturated carbocycles. The zero-order valence-electron chi connectivity index (χ0n) is 23.3. The summed E-state index contributed by atoms with van der Waals surface area (Å²) in [7, 11) is 0. The van der Waals surface area contributed by atoms with Gasteiger partial charge in [0.25, 0.3) is 5.56 Å². The normalized spacial score (nSPS) is 18.6. The van der Waals surface area contributed by atoms with E-state index in [1.165, 1.54) is 12.1 Å². The number of benzene rings is 2. The number of carbonyl (C=O) groups excluding carboxylic acids is 1. The smallest absolute Gasteiger partial charge is 0.298 e. The second-order valence-corrected chi connectivity index (χ2v) is 11.1. The van der Waals surface area contributed by atoms with Crippen molar-refractivity contribution < 1.29 is 9.18 Å². The lowest BCUT2D eigenvalue weighted by Gasteiger charge is -2.31. The number of aryl methyl sites for hydroxylation is 1. The van der Waals surface area contributed by atoms with Crippen LogP contribution in [0.3, 0.4) is 0 Å². The number of hydrogen-bond donors (Lipinski definition) is 2. The van der Waals surface area contributed by atoms with Crippen LogP contribution >= 0.6 is 0 Å². The second kappa shape index (κ2) is 12.2. The zero-order valence-corrected chi connectivity index (χ0v) is 23.3. The Labute approximate surface area is 243 Å². The predicted octanol–water partition coefficient (Wildman–Crippen LogP) is 3.61. The van der Waals surface area contributed by atoms with Crippen molar-refractivity contribution in [1.29, 1.82) is 0 Å². The van der Waals surface area contributed by atoms with Crippen LogP contribution in [0.4, 0.5) is 10.2 Å². The molecule has 0 radical (unpaired) electrons. The summed E-state index contributed by atoms with van der Waals surface area (Å²) in [5.74, 6) is 0.764. The molecule has 4 aromatic rings. The Morgan fingerprint density at radius 1 is 1.02 bits per heavy atom. The molecule has 216 valence electrons. The SMILES string of the molecule is NC(=O)C1CCN(c2nc(CCCNC3C[C@H]3c3ccc(F)cc3)cn(-c3ccc(-c4ncccn4)cc3)c2=O)CC1. The summed E-state index contributed by atoms with van der Waals surface area (Å²) in [6.45, 7) is 1.92. The molecule has 1 unspecified atom stereocenters. The van der Waals surface area contributed by atoms with Crippen LogP contribution in [0, 0.1) is 11.7 Å². The molecular formula is C32H34FN7O2. The molecule has 0 spiro atoms. The van der Waals surface area contributed by atoms with Crippen LogP contribution in [0.15, 0.2) is 78.0 Å². The van der Waals surface area contributed by atoms with E-state index < -0.39 is 0 Å². The van der Waals surface area contributed by atoms with E-state index in [0.717, 1.165) is 41.9 Å². The Morgan fingerprint density at radius 2 is 1.74 bits per heavy atom. The number of piperidine rings is 1. The van der Waals surface area contributed by atoms with Crippen molar-refractivity contribution in [2.24, 2.45) is 11.7 Å². The van der Waals surface area contributed by atoms with E-state index in [1.807, 2.05) is 47.5 Å². The lowest BCUT2D eigenvalue weighted by Crippen LogP contribution is -2.42. The Morgan fingerprint density at radius 3 is 2.43 bits per heavy atom. The van der Waals surface area contributed by atoms with E-state index in [1.54, 1.807) is 23.0 Å². The maximum atomic E-state index is 13.7. The number of rotatable bonds is 10. The Bertz CT molecular complexity index is 1580. The molecule has 2 aromatic heterocycles. The van der Waals surface area contributed by atoms with E-state index >= 15 is 0 Å². The molecule has 2 aliphatic rings. The van der Waals surface area contributed by atoms with Crippen LogP contribution in [-0.4, -0.2) is 51.1 Å². The number of carbonyl (C=O) groups is 1. The van der Waals surface area contributed by atoms with E-state index in [0.29, 0.717) is 56.0 Å². The average Bonchev–Trinajstić information content (AvgIpc) is 3.80. The first-order valence-electron chi connectivity index (χ1n) is 14.5. The molecule has 0 bridgehead atoms. The highest BCUT2D eigenvalue weighted by Crippen LogP contribution is 2.40. The fraction of sp³-hybridized carbons (Fsp3) is 0.344. The van der Waals surface area contributed by atoms with Gasteiger partial charge >= 0.3 is 0 Å². The molecule has 2 atom stereocenters. The number of nitrogens with one attached hydrogen (secondary N) is 1. The van der Waals surface area contributed by atoms with Crippen LogP contribution in [0.2, 0.25) is 0 Å². The van der Waals surface area contributed by atoms with Gasteiger partial charge in [-0.2, -0.15) is 0 Å². The second-order valence-electron chi connectivity index (χ2n) is 11.1. The molecule has 6 rings (SSSR count). The van der Waals surface area contributed by atoms with E-state index in [4.69, 9.17) is 10.7 Å². The Balaban J connectivity index is 1.18. The standard InChI is InChI=1S/C32H34FN7O2/c33-24-8-4-21(5-9-24)27-19-28(27)35-14-1-3-25-20-40(26-10-6-23(7-11-26)30-36-15-2-16-37-30)32(42)31(38-25)39-17-12-22(13-18-39)29(34)41/h2,4-11,15-16,20,22,27-28,35H,1,3,12-14,17-19H2,(H2,34,41)/t27-,28?/m0/s1. The largest absolute Gasteiger partial charge is 0.369 e. The first-order valence-corrected chi connectivity index (χ1v) is 14.5. The van der Waals surface area contributed by atoms with E-state index in [-0.39, 0.29) is 23.2 Å². The van der Waals surface area contributed by atoms with E-state index in [2.05, 4.69) is 15.3 Å². The van der Waals surface area contributed by atoms with Crippen LogP contribution in [0.25, 0.3) is 17.1 Å². The van der Waals surface area contributed by atoms with Crippen LogP contribution in [0.1, 0.15) is 42.9 Å². The molecule has 10 heteroatoms. The Kier molecular flexibility index (Phi) is 8.05. The molecular weight excluding hydrogens is 533 g/mol. The average molecular weight is 568 g/mol. The van der Waals surface area contributed by atoms with Gasteiger partial charge in [0.15, 0.2) is 11.6 Å². The van der Waals surface area contributed by atoms with Crippen molar-refractivity contribution >= 4 is 11.7 Å². The monoisotopic (exact) mass is 567 g/mol. The fourth-order valence-electron chi connectivity index (χ4n) is 5.70. The van der Waals surface area contributed by atoms with Crippen molar-refractivity contribution in [2.75, 3.05) is 24.5 Å². The summed E-state index contributed by atoms with van der Waals surface area (Å²) in [5.41, 5.74) is 8.92. The highest BCUT2D eigenvalue weighted by Gasteiger charge is 2.37. The fourth-order valence-corrected chi connectivity index (χ4v) is 5.70. The first kappa shape index (κ1) is 27.7. The summed E-state index contributed by atoms with van der Waals surface area (Å²) in [5, 5.41) is 3.61. The van der Waals surface area contributed by atoms with Crippen molar-refractivity contribution in [3.63, 3.8) is 0 Å². The zero-order chi connectivity index (χ0) is 29.1. The van der Waals surface area contributed by atoms with Gasteiger partial charge in [-0.15, -0.1) is 0 Å². The molecule has 2 fully saturated rings. The summed E-state index contributed by atoms with van der Waals surface area (Å²) in [6.07, 6.45) is 9.03. The number of amides is 1. The molecule has 1 aliphatic carbocycles. The van der Waals surface area contributed by atoms with Gasteiger partial charge in [-0.25, -0.2) is 19.3 Å². The Hall–Kier alpha value is -4.44. The molecule has 1 amide bonds. The highest BCUT2D eigenvalue weighted by atomic mass is 19.1. The van der Waals surface area contributed by atoms with Gasteiger partial charge < -0.3 is 16.0 Å². The van der Waals surface area contributed by atoms with Gasteiger partial charge in [0, 0.05) is 60.8 Å². The van der Waals surface area contributed by atoms with Gasteiger partial charge in [-0.3, -0.25) is 14.2 Å². The topological polar surface area (TPSA) is 119 Å². The molecule has 42 heavy (non-hydrogen) atoms. The summed E-state index contributed by atoms with van der Waals surface area (Å²) >= 11 is 0. The van der Waals surface area contributed by atoms with Crippen LogP contribution in [0.5, 0.6) is 0 Å². The lowest BCUT2D eigenvalue weighted by atomic mass is 9.96. The van der Waals surface area contributed by atoms with Gasteiger partial charge in [-0.05, 0) is 86.7 Å². The number of hydrogen-bond acceptors (Lipinski definition) is 7. The third-order valence-corrected chi connectivity index (χ3v) is 8.21. The summed E-state index contributed by atoms with van der Waals surface area (Å²) in [4.78, 5) is 40.8. The van der Waals surface area contributed by atoms with Gasteiger partial charge in [0.2, 0.25) is 5.91 Å². The lowest BCUT2D eigenvalue weighted by molar-refractivity contribution is -0.122. The molecule has 3 heterocycles. The van der Waals surface area contributed by atoms with Gasteiger partial charge in [0.05, 0.1) is 5.69 Å². The van der Waals surface area contributed by atoms with Crippen molar-refractivity contribution in [3.8, 4) is 17.1 Å². The van der Waals surface area contributed by atoms with Crippen LogP contribution in [-0.2, 0) is 11.2 Å². The quantitative estimate of drug-likeness (QED) is 0.281. The first-order chi connectivity index (χ1) is 20.5. The van der Waals surface area contributed by atoms with Gasteiger partial charge in [0.1, 0.15) is 5.82 Å². The van der Waals surface area contributed by atoms with Crippen molar-refractivity contribution in [3.05, 3.63) is 101 Å². The molecule has 1 saturated heterocycles. The molecule has 3 N–H and O–H groups in total. The maximum Gasteiger partial charge on any atom is 0.298 e. The number of halogens is 1. The van der Waals surface area contributed by atoms with Crippen molar-refractivity contribution in [2.45, 2.75) is 44.1 Å². The predicted molar refractivity (Wildman–Crippen MR) is 159 cm³/mol. The third kappa shape index (κ3) is 6.23. The third-order valence-electron chi connectivity index (χ3n) is 8.21. The number of nitrogens with zero attached hydrogens (tertiary/aromatic N) is 5. The minimum absolute atomic E-state index is 0.174. The number of aromatic nitrogens is 4. The summed E-state index contributed by atoms with van der Waals surface area (Å²) < 4.78 is 14.9. The minimum atomic E-state index is -0.291. The molecule has 9 nitrogen and oxygen atoms in total. The number of primary amides is 1. The van der Waals surface area contributed by atoms with E-state index in [9.17, 15) is 14.0 Å².